The lowest BCUT2D eigenvalue weighted by Crippen LogP contribution is -1.97. The fourth-order valence-electron chi connectivity index (χ4n) is 2.10. The third kappa shape index (κ3) is 4.24. The Labute approximate surface area is 149 Å². The Morgan fingerprint density at radius 1 is 1.09 bits per heavy atom. The van der Waals surface area contributed by atoms with Crippen molar-refractivity contribution in [2.75, 3.05) is 12.8 Å². The van der Waals surface area contributed by atoms with E-state index in [1.54, 1.807) is 7.11 Å². The van der Waals surface area contributed by atoms with Crippen LogP contribution in [0.25, 0.3) is 11.3 Å². The molecule has 0 unspecified atom stereocenters. The lowest BCUT2D eigenvalue weighted by atomic mass is 10.1. The van der Waals surface area contributed by atoms with Crippen LogP contribution in [0.2, 0.25) is 0 Å². The highest BCUT2D eigenvalue weighted by Crippen LogP contribution is 2.33. The second-order valence-electron chi connectivity index (χ2n) is 4.71. The van der Waals surface area contributed by atoms with Crippen LogP contribution < -0.4 is 15.2 Å². The zero-order chi connectivity index (χ0) is 15.4. The van der Waals surface area contributed by atoms with Gasteiger partial charge in [-0.05, 0) is 23.8 Å². The Morgan fingerprint density at radius 3 is 2.52 bits per heavy atom. The second kappa shape index (κ2) is 7.99. The average molecular weight is 393 g/mol. The summed E-state index contributed by atoms with van der Waals surface area (Å²) < 4.78 is 11.3. The van der Waals surface area contributed by atoms with Gasteiger partial charge in [-0.3, -0.25) is 0 Å². The molecule has 2 aromatic carbocycles. The number of hydrogen-bond acceptors (Lipinski definition) is 5. The molecule has 1 aromatic heterocycles. The normalized spacial score (nSPS) is 9.96. The summed E-state index contributed by atoms with van der Waals surface area (Å²) in [5.74, 6) is 1.39. The van der Waals surface area contributed by atoms with E-state index in [-0.39, 0.29) is 17.0 Å². The number of halogens is 1. The molecule has 0 spiro atoms. The molecule has 3 rings (SSSR count). The van der Waals surface area contributed by atoms with Gasteiger partial charge in [0.25, 0.3) is 0 Å². The molecular formula is C17H17BrN2O2S. The molecule has 0 aliphatic carbocycles. The van der Waals surface area contributed by atoms with E-state index in [2.05, 4.69) is 4.98 Å². The first-order valence-electron chi connectivity index (χ1n) is 6.82. The van der Waals surface area contributed by atoms with Gasteiger partial charge in [-0.1, -0.05) is 30.3 Å². The van der Waals surface area contributed by atoms with Crippen LogP contribution in [0, 0.1) is 0 Å². The van der Waals surface area contributed by atoms with Gasteiger partial charge in [0.05, 0.1) is 12.8 Å². The van der Waals surface area contributed by atoms with E-state index in [9.17, 15) is 0 Å². The van der Waals surface area contributed by atoms with Crippen LogP contribution in [0.3, 0.4) is 0 Å². The third-order valence-corrected chi connectivity index (χ3v) is 3.89. The maximum atomic E-state index is 5.84. The number of methoxy groups -OCH3 is 1. The fraction of sp³-hybridized carbons (Fsp3) is 0.118. The number of aromatic nitrogens is 1. The predicted octanol–water partition coefficient (Wildman–Crippen LogP) is 4.56. The first kappa shape index (κ1) is 17.3. The molecule has 120 valence electrons. The molecule has 0 saturated heterocycles. The van der Waals surface area contributed by atoms with Gasteiger partial charge in [0.15, 0.2) is 16.6 Å². The van der Waals surface area contributed by atoms with Crippen molar-refractivity contribution in [1.29, 1.82) is 0 Å². The van der Waals surface area contributed by atoms with Crippen LogP contribution in [0.15, 0.2) is 53.9 Å². The molecule has 2 N–H and O–H groups in total. The molecule has 3 aromatic rings. The molecule has 0 aliphatic rings. The van der Waals surface area contributed by atoms with Crippen molar-refractivity contribution in [3.63, 3.8) is 0 Å². The van der Waals surface area contributed by atoms with Crippen molar-refractivity contribution in [2.45, 2.75) is 6.61 Å². The van der Waals surface area contributed by atoms with Crippen LogP contribution in [0.4, 0.5) is 5.13 Å². The van der Waals surface area contributed by atoms with Crippen molar-refractivity contribution in [1.82, 2.24) is 4.98 Å². The molecule has 0 bridgehead atoms. The topological polar surface area (TPSA) is 57.4 Å². The summed E-state index contributed by atoms with van der Waals surface area (Å²) in [6.45, 7) is 0.500. The summed E-state index contributed by atoms with van der Waals surface area (Å²) >= 11 is 1.42. The molecule has 6 heteroatoms. The van der Waals surface area contributed by atoms with Gasteiger partial charge in [-0.25, -0.2) is 4.98 Å². The number of thiazole rings is 1. The number of rotatable bonds is 5. The minimum Gasteiger partial charge on any atom is -0.493 e. The molecule has 0 atom stereocenters. The fourth-order valence-corrected chi connectivity index (χ4v) is 2.67. The van der Waals surface area contributed by atoms with Crippen molar-refractivity contribution >= 4 is 33.4 Å². The second-order valence-corrected chi connectivity index (χ2v) is 5.60. The largest absolute Gasteiger partial charge is 0.493 e. The van der Waals surface area contributed by atoms with Gasteiger partial charge < -0.3 is 15.2 Å². The molecule has 0 saturated carbocycles. The van der Waals surface area contributed by atoms with Gasteiger partial charge in [0.1, 0.15) is 6.61 Å². The molecular weight excluding hydrogens is 376 g/mol. The number of anilines is 1. The number of nitrogen functional groups attached to an aromatic ring is 1. The summed E-state index contributed by atoms with van der Waals surface area (Å²) in [4.78, 5) is 4.28. The summed E-state index contributed by atoms with van der Waals surface area (Å²) in [7, 11) is 1.63. The van der Waals surface area contributed by atoms with Crippen molar-refractivity contribution < 1.29 is 9.47 Å². The van der Waals surface area contributed by atoms with Gasteiger partial charge in [0, 0.05) is 10.9 Å². The third-order valence-electron chi connectivity index (χ3n) is 3.22. The Bertz CT molecular complexity index is 762. The van der Waals surface area contributed by atoms with Gasteiger partial charge >= 0.3 is 0 Å². The standard InChI is InChI=1S/C17H16N2O2S.BrH/c1-20-16-9-13(14-11-22-17(18)19-14)7-8-15(16)21-10-12-5-3-2-4-6-12;/h2-9,11H,10H2,1H3,(H2,18,19);1H. The number of ether oxygens (including phenoxy) is 2. The zero-order valence-corrected chi connectivity index (χ0v) is 15.1. The van der Waals surface area contributed by atoms with Crippen LogP contribution in [-0.2, 0) is 6.61 Å². The average Bonchev–Trinajstić information content (AvgIpc) is 3.00. The lowest BCUT2D eigenvalue weighted by molar-refractivity contribution is 0.284. The zero-order valence-electron chi connectivity index (χ0n) is 12.6. The predicted molar refractivity (Wildman–Crippen MR) is 99.6 cm³/mol. The van der Waals surface area contributed by atoms with E-state index in [0.29, 0.717) is 23.2 Å². The Morgan fingerprint density at radius 2 is 1.87 bits per heavy atom. The SMILES string of the molecule is Br.COc1cc(-c2csc(N)n2)ccc1OCc1ccccc1. The first-order chi connectivity index (χ1) is 10.8. The van der Waals surface area contributed by atoms with E-state index in [4.69, 9.17) is 15.2 Å². The number of benzene rings is 2. The molecule has 0 radical (unpaired) electrons. The summed E-state index contributed by atoms with van der Waals surface area (Å²) in [6.07, 6.45) is 0. The molecule has 0 amide bonds. The van der Waals surface area contributed by atoms with Crippen LogP contribution in [-0.4, -0.2) is 12.1 Å². The lowest BCUT2D eigenvalue weighted by Gasteiger charge is -2.11. The number of nitrogens with zero attached hydrogens (tertiary/aromatic N) is 1. The van der Waals surface area contributed by atoms with Crippen molar-refractivity contribution in [2.24, 2.45) is 0 Å². The molecule has 0 aliphatic heterocycles. The van der Waals surface area contributed by atoms with E-state index in [1.807, 2.05) is 53.9 Å². The maximum absolute atomic E-state index is 5.84. The smallest absolute Gasteiger partial charge is 0.180 e. The molecule has 23 heavy (non-hydrogen) atoms. The highest BCUT2D eigenvalue weighted by molar-refractivity contribution is 8.93. The minimum absolute atomic E-state index is 0. The summed E-state index contributed by atoms with van der Waals surface area (Å²) in [5.41, 5.74) is 8.59. The highest BCUT2D eigenvalue weighted by atomic mass is 79.9. The quantitative estimate of drug-likeness (QED) is 0.691. The Hall–Kier alpha value is -2.05. The Balaban J connectivity index is 0.00000192. The van der Waals surface area contributed by atoms with Crippen LogP contribution in [0.5, 0.6) is 11.5 Å². The van der Waals surface area contributed by atoms with Gasteiger partial charge in [-0.15, -0.1) is 28.3 Å². The van der Waals surface area contributed by atoms with Crippen LogP contribution in [0.1, 0.15) is 5.56 Å². The van der Waals surface area contributed by atoms with Crippen molar-refractivity contribution in [3.8, 4) is 22.8 Å². The van der Waals surface area contributed by atoms with E-state index >= 15 is 0 Å². The Kier molecular flexibility index (Phi) is 6.01. The van der Waals surface area contributed by atoms with Gasteiger partial charge in [-0.2, -0.15) is 0 Å². The van der Waals surface area contributed by atoms with E-state index in [1.165, 1.54) is 11.3 Å². The summed E-state index contributed by atoms with van der Waals surface area (Å²) in [6, 6.07) is 15.8. The highest BCUT2D eigenvalue weighted by Gasteiger charge is 2.09. The first-order valence-corrected chi connectivity index (χ1v) is 7.70. The van der Waals surface area contributed by atoms with E-state index in [0.717, 1.165) is 16.8 Å². The van der Waals surface area contributed by atoms with Crippen LogP contribution >= 0.6 is 28.3 Å². The maximum Gasteiger partial charge on any atom is 0.180 e. The minimum atomic E-state index is 0. The van der Waals surface area contributed by atoms with Gasteiger partial charge in [0.2, 0.25) is 0 Å². The monoisotopic (exact) mass is 392 g/mol. The number of nitrogens with two attached hydrogens (primary N) is 1. The molecule has 1 heterocycles. The van der Waals surface area contributed by atoms with Crippen molar-refractivity contribution in [3.05, 3.63) is 59.5 Å². The van der Waals surface area contributed by atoms with E-state index < -0.39 is 0 Å². The number of hydrogen-bond donors (Lipinski definition) is 1. The summed E-state index contributed by atoms with van der Waals surface area (Å²) in [5, 5.41) is 2.48. The molecule has 0 fully saturated rings. The molecule has 4 nitrogen and oxygen atoms in total.